The number of benzene rings is 3. The SMILES string of the molecule is CC[C@@H](C(=O)NC(C)(C)C)N(Cc1ccccc1)C(=O)CN(c1ccccc1OC)S(=O)(=O)c1ccc(C)cc1. The van der Waals surface area contributed by atoms with Crippen molar-refractivity contribution in [1.82, 2.24) is 10.2 Å². The van der Waals surface area contributed by atoms with Crippen LogP contribution in [0.25, 0.3) is 0 Å². The monoisotopic (exact) mass is 565 g/mol. The molecule has 0 aliphatic rings. The highest BCUT2D eigenvalue weighted by Gasteiger charge is 2.35. The largest absolute Gasteiger partial charge is 0.495 e. The summed E-state index contributed by atoms with van der Waals surface area (Å²) < 4.78 is 34.6. The second-order valence-corrected chi connectivity index (χ2v) is 12.5. The first kappa shape index (κ1) is 30.7. The van der Waals surface area contributed by atoms with Crippen LogP contribution in [0.2, 0.25) is 0 Å². The van der Waals surface area contributed by atoms with E-state index < -0.39 is 34.1 Å². The molecule has 3 aromatic carbocycles. The number of amides is 2. The average molecular weight is 566 g/mol. The third-order valence-electron chi connectivity index (χ3n) is 6.32. The van der Waals surface area contributed by atoms with Crippen LogP contribution in [0.3, 0.4) is 0 Å². The summed E-state index contributed by atoms with van der Waals surface area (Å²) >= 11 is 0. The van der Waals surface area contributed by atoms with E-state index >= 15 is 0 Å². The number of anilines is 1. The van der Waals surface area contributed by atoms with Crippen LogP contribution in [0.1, 0.15) is 45.2 Å². The molecule has 1 atom stereocenters. The van der Waals surface area contributed by atoms with Crippen LogP contribution in [0.5, 0.6) is 5.75 Å². The van der Waals surface area contributed by atoms with E-state index in [0.717, 1.165) is 15.4 Å². The lowest BCUT2D eigenvalue weighted by atomic mass is 10.1. The highest BCUT2D eigenvalue weighted by Crippen LogP contribution is 2.32. The van der Waals surface area contributed by atoms with Crippen LogP contribution in [0, 0.1) is 6.92 Å². The standard InChI is InChI=1S/C31H39N3O5S/c1-7-26(30(36)32-31(3,4)5)33(21-24-13-9-8-10-14-24)29(35)22-34(27-15-11-12-16-28(27)39-6)40(37,38)25-19-17-23(2)18-20-25/h8-20,26H,7,21-22H2,1-6H3,(H,32,36)/t26-/m0/s1. The Hall–Kier alpha value is -3.85. The van der Waals surface area contributed by atoms with Gasteiger partial charge in [-0.15, -0.1) is 0 Å². The predicted molar refractivity (Wildman–Crippen MR) is 158 cm³/mol. The van der Waals surface area contributed by atoms with Crippen molar-refractivity contribution < 1.29 is 22.7 Å². The van der Waals surface area contributed by atoms with Crippen molar-refractivity contribution >= 4 is 27.5 Å². The van der Waals surface area contributed by atoms with Crippen molar-refractivity contribution in [3.63, 3.8) is 0 Å². The molecule has 0 heterocycles. The van der Waals surface area contributed by atoms with Crippen LogP contribution in [-0.2, 0) is 26.2 Å². The molecule has 0 bridgehead atoms. The van der Waals surface area contributed by atoms with Crippen molar-refractivity contribution in [1.29, 1.82) is 0 Å². The maximum absolute atomic E-state index is 14.1. The smallest absolute Gasteiger partial charge is 0.264 e. The number of rotatable bonds is 11. The molecule has 8 nitrogen and oxygen atoms in total. The minimum absolute atomic E-state index is 0.0453. The highest BCUT2D eigenvalue weighted by atomic mass is 32.2. The second kappa shape index (κ2) is 13.0. The van der Waals surface area contributed by atoms with Gasteiger partial charge in [-0.1, -0.05) is 67.1 Å². The topological polar surface area (TPSA) is 96.0 Å². The van der Waals surface area contributed by atoms with Gasteiger partial charge in [-0.2, -0.15) is 0 Å². The molecule has 3 aromatic rings. The molecule has 0 saturated carbocycles. The lowest BCUT2D eigenvalue weighted by molar-refractivity contribution is -0.141. The van der Waals surface area contributed by atoms with Gasteiger partial charge in [-0.3, -0.25) is 13.9 Å². The molecular weight excluding hydrogens is 526 g/mol. The quantitative estimate of drug-likeness (QED) is 0.356. The Balaban J connectivity index is 2.10. The summed E-state index contributed by atoms with van der Waals surface area (Å²) in [7, 11) is -2.73. The van der Waals surface area contributed by atoms with Gasteiger partial charge >= 0.3 is 0 Å². The number of hydrogen-bond donors (Lipinski definition) is 1. The maximum Gasteiger partial charge on any atom is 0.264 e. The molecule has 0 fully saturated rings. The van der Waals surface area contributed by atoms with Crippen LogP contribution < -0.4 is 14.4 Å². The molecule has 2 amide bonds. The Morgan fingerprint density at radius 3 is 2.10 bits per heavy atom. The first-order valence-electron chi connectivity index (χ1n) is 13.2. The summed E-state index contributed by atoms with van der Waals surface area (Å²) in [6, 6.07) is 21.6. The summed E-state index contributed by atoms with van der Waals surface area (Å²) in [6.45, 7) is 8.94. The number of carbonyl (C=O) groups excluding carboxylic acids is 2. The summed E-state index contributed by atoms with van der Waals surface area (Å²) in [5.41, 5.74) is 1.45. The van der Waals surface area contributed by atoms with Crippen molar-refractivity contribution in [3.8, 4) is 5.75 Å². The Labute approximate surface area is 238 Å². The second-order valence-electron chi connectivity index (χ2n) is 10.7. The third kappa shape index (κ3) is 7.63. The normalized spacial score (nSPS) is 12.3. The Kier molecular flexibility index (Phi) is 9.98. The number of methoxy groups -OCH3 is 1. The van der Waals surface area contributed by atoms with Gasteiger partial charge in [-0.05, 0) is 63.9 Å². The fourth-order valence-electron chi connectivity index (χ4n) is 4.34. The van der Waals surface area contributed by atoms with E-state index in [1.165, 1.54) is 24.1 Å². The number of sulfonamides is 1. The van der Waals surface area contributed by atoms with Crippen LogP contribution >= 0.6 is 0 Å². The molecule has 0 spiro atoms. The van der Waals surface area contributed by atoms with Gasteiger partial charge in [0.15, 0.2) is 0 Å². The van der Waals surface area contributed by atoms with Gasteiger partial charge in [0.2, 0.25) is 11.8 Å². The van der Waals surface area contributed by atoms with Gasteiger partial charge in [0.05, 0.1) is 17.7 Å². The lowest BCUT2D eigenvalue weighted by Crippen LogP contribution is -2.55. The molecule has 0 aliphatic heterocycles. The number of aryl methyl sites for hydroxylation is 1. The number of nitrogens with one attached hydrogen (secondary N) is 1. The van der Waals surface area contributed by atoms with Crippen molar-refractivity contribution in [2.24, 2.45) is 0 Å². The molecule has 0 radical (unpaired) electrons. The zero-order valence-electron chi connectivity index (χ0n) is 24.0. The zero-order chi connectivity index (χ0) is 29.5. The van der Waals surface area contributed by atoms with E-state index in [-0.39, 0.29) is 23.0 Å². The van der Waals surface area contributed by atoms with Crippen LogP contribution in [0.15, 0.2) is 83.8 Å². The summed E-state index contributed by atoms with van der Waals surface area (Å²) in [4.78, 5) is 29.0. The lowest BCUT2D eigenvalue weighted by Gasteiger charge is -2.35. The van der Waals surface area contributed by atoms with Gasteiger partial charge in [-0.25, -0.2) is 8.42 Å². The molecule has 214 valence electrons. The molecule has 1 N–H and O–H groups in total. The summed E-state index contributed by atoms with van der Waals surface area (Å²) in [5, 5.41) is 2.97. The third-order valence-corrected chi connectivity index (χ3v) is 8.10. The van der Waals surface area contributed by atoms with Gasteiger partial charge in [0.25, 0.3) is 10.0 Å². The van der Waals surface area contributed by atoms with E-state index in [4.69, 9.17) is 4.74 Å². The predicted octanol–water partition coefficient (Wildman–Crippen LogP) is 4.92. The van der Waals surface area contributed by atoms with Crippen LogP contribution in [-0.4, -0.2) is 50.4 Å². The highest BCUT2D eigenvalue weighted by molar-refractivity contribution is 7.92. The minimum Gasteiger partial charge on any atom is -0.495 e. The Morgan fingerprint density at radius 2 is 1.52 bits per heavy atom. The van der Waals surface area contributed by atoms with Crippen molar-refractivity contribution in [3.05, 3.63) is 90.0 Å². The summed E-state index contributed by atoms with van der Waals surface area (Å²) in [6.07, 6.45) is 0.347. The first-order valence-corrected chi connectivity index (χ1v) is 14.7. The van der Waals surface area contributed by atoms with E-state index in [0.29, 0.717) is 12.2 Å². The minimum atomic E-state index is -4.18. The fraction of sp³-hybridized carbons (Fsp3) is 0.355. The maximum atomic E-state index is 14.1. The Bertz CT molecular complexity index is 1400. The molecular formula is C31H39N3O5S. The number of ether oxygens (including phenoxy) is 1. The Morgan fingerprint density at radius 1 is 0.925 bits per heavy atom. The van der Waals surface area contributed by atoms with Gasteiger partial charge in [0.1, 0.15) is 18.3 Å². The molecule has 3 rings (SSSR count). The molecule has 0 aliphatic carbocycles. The van der Waals surface area contributed by atoms with Crippen molar-refractivity contribution in [2.75, 3.05) is 18.0 Å². The van der Waals surface area contributed by atoms with Gasteiger partial charge in [0, 0.05) is 12.1 Å². The van der Waals surface area contributed by atoms with E-state index in [9.17, 15) is 18.0 Å². The summed E-state index contributed by atoms with van der Waals surface area (Å²) in [5.74, 6) is -0.510. The number of para-hydroxylation sites is 2. The number of hydrogen-bond acceptors (Lipinski definition) is 5. The van der Waals surface area contributed by atoms with Crippen molar-refractivity contribution in [2.45, 2.75) is 64.1 Å². The van der Waals surface area contributed by atoms with E-state index in [2.05, 4.69) is 5.32 Å². The number of nitrogens with zero attached hydrogens (tertiary/aromatic N) is 2. The molecule has 0 saturated heterocycles. The molecule has 0 aromatic heterocycles. The molecule has 9 heteroatoms. The number of carbonyl (C=O) groups is 2. The molecule has 40 heavy (non-hydrogen) atoms. The zero-order valence-corrected chi connectivity index (χ0v) is 24.9. The van der Waals surface area contributed by atoms with Gasteiger partial charge < -0.3 is 15.0 Å². The van der Waals surface area contributed by atoms with E-state index in [1.54, 1.807) is 36.4 Å². The average Bonchev–Trinajstić information content (AvgIpc) is 2.91. The molecule has 0 unspecified atom stereocenters. The van der Waals surface area contributed by atoms with E-state index in [1.807, 2.05) is 65.0 Å². The van der Waals surface area contributed by atoms with Crippen LogP contribution in [0.4, 0.5) is 5.69 Å². The first-order chi connectivity index (χ1) is 18.9. The fourth-order valence-corrected chi connectivity index (χ4v) is 5.76.